The maximum atomic E-state index is 5.37. The number of nitrogens with two attached hydrogens (primary N) is 2. The monoisotopic (exact) mass is 200 g/mol. The molecule has 0 saturated carbocycles. The van der Waals surface area contributed by atoms with Crippen molar-refractivity contribution in [1.82, 2.24) is 15.0 Å². The van der Waals surface area contributed by atoms with Gasteiger partial charge in [0.2, 0.25) is 11.9 Å². The smallest absolute Gasteiger partial charge is 0.284 e. The zero-order valence-corrected chi connectivity index (χ0v) is 7.97. The van der Waals surface area contributed by atoms with Crippen LogP contribution in [0, 0.1) is 0 Å². The summed E-state index contributed by atoms with van der Waals surface area (Å²) in [6.07, 6.45) is 0. The summed E-state index contributed by atoms with van der Waals surface area (Å²) in [6, 6.07) is 0. The van der Waals surface area contributed by atoms with Gasteiger partial charge in [-0.05, 0) is 6.92 Å². The van der Waals surface area contributed by atoms with E-state index in [1.807, 2.05) is 0 Å². The van der Waals surface area contributed by atoms with Crippen molar-refractivity contribution >= 4 is 17.8 Å². The molecule has 78 valence electrons. The van der Waals surface area contributed by atoms with E-state index in [4.69, 9.17) is 21.1 Å². The first-order valence-corrected chi connectivity index (χ1v) is 3.91. The van der Waals surface area contributed by atoms with E-state index in [9.17, 15) is 0 Å². The van der Waals surface area contributed by atoms with Crippen LogP contribution in [0.4, 0.5) is 17.8 Å². The van der Waals surface area contributed by atoms with Crippen molar-refractivity contribution in [2.45, 2.75) is 6.92 Å². The molecule has 8 heteroatoms. The maximum Gasteiger partial charge on any atom is 0.284 e. The highest BCUT2D eigenvalue weighted by Gasteiger charge is 2.11. The highest BCUT2D eigenvalue weighted by molar-refractivity contribution is 5.35. The van der Waals surface area contributed by atoms with Crippen LogP contribution in [0.1, 0.15) is 6.92 Å². The highest BCUT2D eigenvalue weighted by Crippen LogP contribution is 2.10. The van der Waals surface area contributed by atoms with Crippen LogP contribution in [-0.2, 0) is 9.68 Å². The van der Waals surface area contributed by atoms with Crippen molar-refractivity contribution < 1.29 is 9.68 Å². The molecule has 0 amide bonds. The quantitative estimate of drug-likeness (QED) is 0.617. The van der Waals surface area contributed by atoms with Gasteiger partial charge in [-0.15, -0.1) is 0 Å². The first kappa shape index (κ1) is 10.4. The van der Waals surface area contributed by atoms with Crippen LogP contribution in [0.15, 0.2) is 0 Å². The van der Waals surface area contributed by atoms with Crippen molar-refractivity contribution in [2.75, 3.05) is 30.4 Å². The van der Waals surface area contributed by atoms with E-state index in [-0.39, 0.29) is 17.8 Å². The van der Waals surface area contributed by atoms with E-state index in [0.717, 1.165) is 5.23 Å². The second-order valence-corrected chi connectivity index (χ2v) is 2.21. The topological polar surface area (TPSA) is 112 Å². The van der Waals surface area contributed by atoms with Crippen LogP contribution >= 0.6 is 0 Å². The third kappa shape index (κ3) is 2.41. The third-order valence-corrected chi connectivity index (χ3v) is 1.23. The van der Waals surface area contributed by atoms with Crippen molar-refractivity contribution in [2.24, 2.45) is 0 Å². The SMILES string of the molecule is CCON(OC)c1nc(N)nc(N)n1. The molecule has 0 aliphatic heterocycles. The lowest BCUT2D eigenvalue weighted by molar-refractivity contribution is -0.0671. The van der Waals surface area contributed by atoms with Crippen LogP contribution in [-0.4, -0.2) is 28.7 Å². The molecule has 0 aliphatic rings. The van der Waals surface area contributed by atoms with Crippen LogP contribution in [0.2, 0.25) is 0 Å². The molecule has 0 aromatic carbocycles. The highest BCUT2D eigenvalue weighted by atomic mass is 16.9. The van der Waals surface area contributed by atoms with E-state index in [1.54, 1.807) is 6.92 Å². The van der Waals surface area contributed by atoms with E-state index in [2.05, 4.69) is 15.0 Å². The van der Waals surface area contributed by atoms with Crippen LogP contribution in [0.25, 0.3) is 0 Å². The average Bonchev–Trinajstić information content (AvgIpc) is 2.12. The number of aromatic nitrogens is 3. The van der Waals surface area contributed by atoms with Crippen LogP contribution < -0.4 is 16.7 Å². The second-order valence-electron chi connectivity index (χ2n) is 2.21. The summed E-state index contributed by atoms with van der Waals surface area (Å²) < 4.78 is 0. The molecule has 8 nitrogen and oxygen atoms in total. The van der Waals surface area contributed by atoms with E-state index in [1.165, 1.54) is 7.11 Å². The van der Waals surface area contributed by atoms with Crippen molar-refractivity contribution in [3.8, 4) is 0 Å². The maximum absolute atomic E-state index is 5.37. The number of nitrogen functional groups attached to an aromatic ring is 2. The molecule has 0 fully saturated rings. The number of hydrogen-bond acceptors (Lipinski definition) is 8. The van der Waals surface area contributed by atoms with Gasteiger partial charge in [0.15, 0.2) is 0 Å². The molecule has 0 unspecified atom stereocenters. The van der Waals surface area contributed by atoms with E-state index < -0.39 is 0 Å². The van der Waals surface area contributed by atoms with E-state index >= 15 is 0 Å². The molecular weight excluding hydrogens is 188 g/mol. The Morgan fingerprint density at radius 2 is 1.79 bits per heavy atom. The predicted octanol–water partition coefficient (Wildman–Crippen LogP) is -0.645. The zero-order valence-electron chi connectivity index (χ0n) is 7.97. The van der Waals surface area contributed by atoms with Gasteiger partial charge in [0.1, 0.15) is 0 Å². The molecule has 0 bridgehead atoms. The molecule has 0 atom stereocenters. The fourth-order valence-corrected chi connectivity index (χ4v) is 0.788. The largest absolute Gasteiger partial charge is 0.368 e. The van der Waals surface area contributed by atoms with Crippen LogP contribution in [0.3, 0.4) is 0 Å². The Hall–Kier alpha value is -1.67. The predicted molar refractivity (Wildman–Crippen MR) is 49.8 cm³/mol. The Balaban J connectivity index is 2.91. The molecule has 1 heterocycles. The minimum Gasteiger partial charge on any atom is -0.368 e. The normalized spacial score (nSPS) is 10.1. The summed E-state index contributed by atoms with van der Waals surface area (Å²) in [5.41, 5.74) is 10.7. The Kier molecular flexibility index (Phi) is 3.37. The van der Waals surface area contributed by atoms with Crippen molar-refractivity contribution in [3.05, 3.63) is 0 Å². The molecular formula is C6H12N6O2. The number of nitrogens with zero attached hydrogens (tertiary/aromatic N) is 4. The Morgan fingerprint density at radius 3 is 2.21 bits per heavy atom. The molecule has 0 saturated heterocycles. The van der Waals surface area contributed by atoms with Gasteiger partial charge in [-0.25, -0.2) is 9.68 Å². The Labute approximate surface area is 80.8 Å². The van der Waals surface area contributed by atoms with Gasteiger partial charge in [-0.2, -0.15) is 15.0 Å². The fourth-order valence-electron chi connectivity index (χ4n) is 0.788. The molecule has 0 aliphatic carbocycles. The minimum absolute atomic E-state index is 0.00857. The van der Waals surface area contributed by atoms with Gasteiger partial charge in [0, 0.05) is 0 Å². The van der Waals surface area contributed by atoms with Gasteiger partial charge in [-0.3, -0.25) is 0 Å². The third-order valence-electron chi connectivity index (χ3n) is 1.23. The summed E-state index contributed by atoms with van der Waals surface area (Å²) in [4.78, 5) is 21.0. The average molecular weight is 200 g/mol. The molecule has 1 aromatic heterocycles. The minimum atomic E-state index is 0.00857. The van der Waals surface area contributed by atoms with Gasteiger partial charge in [0.25, 0.3) is 5.95 Å². The first-order valence-electron chi connectivity index (χ1n) is 3.91. The van der Waals surface area contributed by atoms with Crippen molar-refractivity contribution in [1.29, 1.82) is 0 Å². The molecule has 4 N–H and O–H groups in total. The summed E-state index contributed by atoms with van der Waals surface area (Å²) in [5.74, 6) is 0.128. The number of hydrogen-bond donors (Lipinski definition) is 2. The Morgan fingerprint density at radius 1 is 1.21 bits per heavy atom. The summed E-state index contributed by atoms with van der Waals surface area (Å²) in [5, 5.41) is 1.01. The number of rotatable bonds is 4. The lowest BCUT2D eigenvalue weighted by Gasteiger charge is -2.16. The number of anilines is 3. The lowest BCUT2D eigenvalue weighted by Crippen LogP contribution is -2.25. The van der Waals surface area contributed by atoms with Crippen LogP contribution in [0.5, 0.6) is 0 Å². The standard InChI is InChI=1S/C6H12N6O2/c1-3-14-12(13-2)6-10-4(7)9-5(8)11-6/h3H2,1-2H3,(H4,7,8,9,10,11). The molecule has 0 radical (unpaired) electrons. The lowest BCUT2D eigenvalue weighted by atomic mass is 10.8. The molecule has 1 rings (SSSR count). The van der Waals surface area contributed by atoms with Gasteiger partial charge in [-0.1, -0.05) is 5.23 Å². The molecule has 14 heavy (non-hydrogen) atoms. The summed E-state index contributed by atoms with van der Waals surface area (Å²) in [6.45, 7) is 2.19. The van der Waals surface area contributed by atoms with Gasteiger partial charge in [0.05, 0.1) is 13.7 Å². The van der Waals surface area contributed by atoms with Crippen molar-refractivity contribution in [3.63, 3.8) is 0 Å². The first-order chi connectivity index (χ1) is 6.67. The van der Waals surface area contributed by atoms with E-state index in [0.29, 0.717) is 6.61 Å². The van der Waals surface area contributed by atoms with Gasteiger partial charge < -0.3 is 11.5 Å². The zero-order chi connectivity index (χ0) is 10.6. The van der Waals surface area contributed by atoms with Gasteiger partial charge >= 0.3 is 0 Å². The second kappa shape index (κ2) is 4.53. The molecule has 1 aromatic rings. The Bertz CT molecular complexity index is 286. The molecule has 0 spiro atoms. The fraction of sp³-hybridized carbons (Fsp3) is 0.500. The summed E-state index contributed by atoms with van der Waals surface area (Å²) in [7, 11) is 1.41. The summed E-state index contributed by atoms with van der Waals surface area (Å²) >= 11 is 0.